The lowest BCUT2D eigenvalue weighted by Crippen LogP contribution is -2.51. The summed E-state index contributed by atoms with van der Waals surface area (Å²) in [7, 11) is -4.12. The maximum absolute atomic E-state index is 14.2. The number of carbonyl (C=O) groups excluding carboxylic acids is 1. The van der Waals surface area contributed by atoms with Gasteiger partial charge >= 0.3 is 5.97 Å². The molecule has 0 aromatic heterocycles. The molecule has 2 rings (SSSR count). The Kier molecular flexibility index (Phi) is 12.0. The van der Waals surface area contributed by atoms with Gasteiger partial charge in [-0.15, -0.1) is 0 Å². The second-order valence-electron chi connectivity index (χ2n) is 11.8. The molecule has 10 nitrogen and oxygen atoms in total. The van der Waals surface area contributed by atoms with Crippen LogP contribution in [0.25, 0.3) is 0 Å². The number of carboxylic acid groups (broad SMARTS) is 1. The number of guanidine groups is 1. The number of carboxylic acids is 1. The fourth-order valence-electron chi connectivity index (χ4n) is 5.18. The van der Waals surface area contributed by atoms with Crippen LogP contribution in [0.2, 0.25) is 0 Å². The lowest BCUT2D eigenvalue weighted by atomic mass is 9.89. The molecule has 1 fully saturated rings. The van der Waals surface area contributed by atoms with Crippen molar-refractivity contribution in [2.24, 2.45) is 22.4 Å². The third-order valence-corrected chi connectivity index (χ3v) is 9.29. The minimum absolute atomic E-state index is 0.0561. The molecule has 1 saturated heterocycles. The molecule has 6 N–H and O–H groups in total. The number of piperidine rings is 1. The molecular formula is C29H49N5O5S. The number of sulfonamides is 1. The minimum atomic E-state index is -4.12. The van der Waals surface area contributed by atoms with E-state index in [0.717, 1.165) is 16.7 Å². The van der Waals surface area contributed by atoms with Crippen LogP contribution in [0.15, 0.2) is 22.0 Å². The number of rotatable bonds is 13. The van der Waals surface area contributed by atoms with Crippen LogP contribution >= 0.6 is 0 Å². The number of amides is 1. The Bertz CT molecular complexity index is 1140. The third-order valence-electron chi connectivity index (χ3n) is 7.69. The molecule has 1 aromatic carbocycles. The first-order chi connectivity index (χ1) is 18.6. The van der Waals surface area contributed by atoms with E-state index in [-0.39, 0.29) is 60.1 Å². The average Bonchev–Trinajstić information content (AvgIpc) is 2.88. The zero-order valence-electron chi connectivity index (χ0n) is 25.1. The number of aliphatic imine (C=N–C) groups is 1. The van der Waals surface area contributed by atoms with Gasteiger partial charge in [0.05, 0.1) is 16.9 Å². The van der Waals surface area contributed by atoms with Gasteiger partial charge < -0.3 is 21.5 Å². The molecule has 0 radical (unpaired) electrons. The van der Waals surface area contributed by atoms with Gasteiger partial charge in [-0.2, -0.15) is 4.72 Å². The number of aliphatic carboxylic acids is 1. The van der Waals surface area contributed by atoms with Crippen molar-refractivity contribution >= 4 is 27.9 Å². The first-order valence-corrected chi connectivity index (χ1v) is 15.9. The van der Waals surface area contributed by atoms with Crippen LogP contribution in [-0.2, 0) is 19.6 Å². The molecule has 2 unspecified atom stereocenters. The number of benzene rings is 1. The van der Waals surface area contributed by atoms with Crippen LogP contribution in [0, 0.1) is 5.92 Å². The highest BCUT2D eigenvalue weighted by molar-refractivity contribution is 7.89. The molecule has 1 amide bonds. The molecule has 1 heterocycles. The molecule has 0 bridgehead atoms. The summed E-state index contributed by atoms with van der Waals surface area (Å²) in [6.45, 7) is 14.5. The Morgan fingerprint density at radius 1 is 1.00 bits per heavy atom. The fraction of sp³-hybridized carbons (Fsp3) is 0.690. The summed E-state index contributed by atoms with van der Waals surface area (Å²) in [6, 6.07) is 2.63. The highest BCUT2D eigenvalue weighted by atomic mass is 32.2. The summed E-state index contributed by atoms with van der Waals surface area (Å²) in [6.07, 6.45) is 1.89. The van der Waals surface area contributed by atoms with Crippen LogP contribution in [0.1, 0.15) is 115 Å². The van der Waals surface area contributed by atoms with Crippen LogP contribution in [0.5, 0.6) is 0 Å². The van der Waals surface area contributed by atoms with Crippen LogP contribution in [-0.4, -0.2) is 61.4 Å². The van der Waals surface area contributed by atoms with Gasteiger partial charge in [0.2, 0.25) is 15.9 Å². The summed E-state index contributed by atoms with van der Waals surface area (Å²) < 4.78 is 31.1. The van der Waals surface area contributed by atoms with E-state index in [4.69, 9.17) is 11.5 Å². The van der Waals surface area contributed by atoms with Crippen molar-refractivity contribution in [1.29, 1.82) is 0 Å². The van der Waals surface area contributed by atoms with E-state index < -0.39 is 28.0 Å². The first-order valence-electron chi connectivity index (χ1n) is 14.4. The quantitative estimate of drug-likeness (QED) is 0.203. The van der Waals surface area contributed by atoms with E-state index in [2.05, 4.69) is 23.6 Å². The Labute approximate surface area is 240 Å². The van der Waals surface area contributed by atoms with Crippen molar-refractivity contribution < 1.29 is 23.1 Å². The molecule has 11 heteroatoms. The van der Waals surface area contributed by atoms with Crippen molar-refractivity contribution in [2.45, 2.75) is 115 Å². The van der Waals surface area contributed by atoms with E-state index >= 15 is 0 Å². The van der Waals surface area contributed by atoms with Crippen LogP contribution < -0.4 is 16.2 Å². The van der Waals surface area contributed by atoms with Gasteiger partial charge in [-0.1, -0.05) is 60.6 Å². The van der Waals surface area contributed by atoms with Crippen molar-refractivity contribution in [3.8, 4) is 0 Å². The number of nitrogens with two attached hydrogens (primary N) is 2. The SMILES string of the molecule is CCC(CCC(NS(=O)(=O)c1c(C(C)C)cc(C(C)C)cc1C(C)C)C(=O)N1CCC(C(=O)O)CC1)N=C(N)N. The number of nitrogens with one attached hydrogen (secondary N) is 1. The molecule has 2 atom stereocenters. The molecule has 40 heavy (non-hydrogen) atoms. The largest absolute Gasteiger partial charge is 0.481 e. The standard InChI is InChI=1S/C29H49N5O5S/c1-8-22(32-29(30)31)9-10-25(27(35)34-13-11-20(12-14-34)28(36)37)33-40(38,39)26-23(18(4)5)15-21(17(2)3)16-24(26)19(6)7/h15-20,22,25,33H,8-14H2,1-7H3,(H,36,37)(H4,30,31,32). The summed E-state index contributed by atoms with van der Waals surface area (Å²) in [5.41, 5.74) is 13.7. The van der Waals surface area contributed by atoms with Gasteiger partial charge in [-0.05, 0) is 66.5 Å². The van der Waals surface area contributed by atoms with E-state index in [9.17, 15) is 23.1 Å². The van der Waals surface area contributed by atoms with Gasteiger partial charge in [-0.25, -0.2) is 8.42 Å². The highest BCUT2D eigenvalue weighted by Crippen LogP contribution is 2.35. The predicted molar refractivity (Wildman–Crippen MR) is 159 cm³/mol. The number of hydrogen-bond acceptors (Lipinski definition) is 5. The smallest absolute Gasteiger partial charge is 0.306 e. The topological polar surface area (TPSA) is 168 Å². The Hall–Kier alpha value is -2.66. The summed E-state index contributed by atoms with van der Waals surface area (Å²) in [5.74, 6) is -1.69. The van der Waals surface area contributed by atoms with Crippen LogP contribution in [0.3, 0.4) is 0 Å². The molecule has 0 spiro atoms. The molecule has 1 aromatic rings. The van der Waals surface area contributed by atoms with E-state index in [1.807, 2.05) is 46.8 Å². The van der Waals surface area contributed by atoms with Gasteiger partial charge in [0.25, 0.3) is 0 Å². The van der Waals surface area contributed by atoms with Crippen molar-refractivity contribution in [1.82, 2.24) is 9.62 Å². The lowest BCUT2D eigenvalue weighted by Gasteiger charge is -2.33. The molecular weight excluding hydrogens is 530 g/mol. The van der Waals surface area contributed by atoms with Gasteiger partial charge in [-0.3, -0.25) is 14.6 Å². The number of carbonyl (C=O) groups is 2. The second kappa shape index (κ2) is 14.3. The zero-order chi connectivity index (χ0) is 30.4. The molecule has 1 aliphatic rings. The average molecular weight is 580 g/mol. The van der Waals surface area contributed by atoms with E-state index in [1.54, 1.807) is 4.90 Å². The number of nitrogens with zero attached hydrogens (tertiary/aromatic N) is 2. The van der Waals surface area contributed by atoms with Gasteiger partial charge in [0.15, 0.2) is 5.96 Å². The van der Waals surface area contributed by atoms with Crippen molar-refractivity contribution in [2.75, 3.05) is 13.1 Å². The molecule has 0 aliphatic carbocycles. The minimum Gasteiger partial charge on any atom is -0.481 e. The predicted octanol–water partition coefficient (Wildman–Crippen LogP) is 3.86. The Morgan fingerprint density at radius 2 is 1.52 bits per heavy atom. The second-order valence-corrected chi connectivity index (χ2v) is 13.4. The molecule has 226 valence electrons. The van der Waals surface area contributed by atoms with Crippen LogP contribution in [0.4, 0.5) is 0 Å². The molecule has 0 saturated carbocycles. The monoisotopic (exact) mass is 579 g/mol. The fourth-order valence-corrected chi connectivity index (χ4v) is 7.10. The first kappa shape index (κ1) is 33.5. The van der Waals surface area contributed by atoms with E-state index in [0.29, 0.717) is 25.7 Å². The van der Waals surface area contributed by atoms with Crippen molar-refractivity contribution in [3.05, 3.63) is 28.8 Å². The van der Waals surface area contributed by atoms with Crippen molar-refractivity contribution in [3.63, 3.8) is 0 Å². The molecule has 1 aliphatic heterocycles. The normalized spacial score (nSPS) is 16.4. The lowest BCUT2D eigenvalue weighted by molar-refractivity contribution is -0.146. The maximum atomic E-state index is 14.2. The summed E-state index contributed by atoms with van der Waals surface area (Å²) in [4.78, 5) is 31.2. The zero-order valence-corrected chi connectivity index (χ0v) is 25.9. The highest BCUT2D eigenvalue weighted by Gasteiger charge is 2.35. The Morgan fingerprint density at radius 3 is 1.93 bits per heavy atom. The summed E-state index contributed by atoms with van der Waals surface area (Å²) in [5, 5.41) is 9.36. The number of hydrogen-bond donors (Lipinski definition) is 4. The maximum Gasteiger partial charge on any atom is 0.306 e. The van der Waals surface area contributed by atoms with Gasteiger partial charge in [0.1, 0.15) is 6.04 Å². The van der Waals surface area contributed by atoms with E-state index in [1.165, 1.54) is 0 Å². The summed E-state index contributed by atoms with van der Waals surface area (Å²) >= 11 is 0. The van der Waals surface area contributed by atoms with Gasteiger partial charge in [0, 0.05) is 13.1 Å². The Balaban J connectivity index is 2.52. The number of likely N-dealkylation sites (tertiary alicyclic amines) is 1. The third kappa shape index (κ3) is 8.67.